The molecule has 1 unspecified atom stereocenters. The number of alkyl halides is 3. The summed E-state index contributed by atoms with van der Waals surface area (Å²) in [5.74, 6) is -0.0599. The summed E-state index contributed by atoms with van der Waals surface area (Å²) >= 11 is 0. The molecule has 0 amide bonds. The molecule has 0 aromatic heterocycles. The second-order valence-electron chi connectivity index (χ2n) is 4.27. The monoisotopic (exact) mass is 223 g/mol. The molecular formula is C10H16F3NO. The molecule has 2 nitrogen and oxygen atoms in total. The average molecular weight is 223 g/mol. The fourth-order valence-corrected chi connectivity index (χ4v) is 1.79. The van der Waals surface area contributed by atoms with Crippen molar-refractivity contribution < 1.29 is 18.0 Å². The maximum absolute atomic E-state index is 12.3. The van der Waals surface area contributed by atoms with Gasteiger partial charge < -0.3 is 0 Å². The van der Waals surface area contributed by atoms with Crippen molar-refractivity contribution in [1.82, 2.24) is 4.90 Å². The van der Waals surface area contributed by atoms with Gasteiger partial charge in [-0.25, -0.2) is 0 Å². The molecule has 15 heavy (non-hydrogen) atoms. The summed E-state index contributed by atoms with van der Waals surface area (Å²) in [6.45, 7) is 2.20. The quantitative estimate of drug-likeness (QED) is 0.713. The summed E-state index contributed by atoms with van der Waals surface area (Å²) in [5.41, 5.74) is 0. The molecule has 0 spiro atoms. The third-order valence-electron chi connectivity index (χ3n) is 2.53. The van der Waals surface area contributed by atoms with Crippen molar-refractivity contribution in [2.45, 2.75) is 51.4 Å². The van der Waals surface area contributed by atoms with Crippen LogP contribution in [0.5, 0.6) is 0 Å². The molecule has 0 N–H and O–H groups in total. The Morgan fingerprint density at radius 1 is 1.47 bits per heavy atom. The van der Waals surface area contributed by atoms with E-state index >= 15 is 0 Å². The molecule has 1 aliphatic carbocycles. The van der Waals surface area contributed by atoms with E-state index in [1.54, 1.807) is 6.92 Å². The molecule has 1 rings (SSSR count). The maximum atomic E-state index is 12.3. The van der Waals surface area contributed by atoms with Crippen molar-refractivity contribution in [3.8, 4) is 0 Å². The van der Waals surface area contributed by atoms with Crippen LogP contribution in [0.25, 0.3) is 0 Å². The van der Waals surface area contributed by atoms with Crippen LogP contribution in [0.2, 0.25) is 0 Å². The molecule has 0 heterocycles. The van der Waals surface area contributed by atoms with Crippen LogP contribution < -0.4 is 0 Å². The lowest BCUT2D eigenvalue weighted by Gasteiger charge is -2.29. The minimum Gasteiger partial charge on any atom is -0.300 e. The summed E-state index contributed by atoms with van der Waals surface area (Å²) in [4.78, 5) is 12.3. The van der Waals surface area contributed by atoms with Crippen molar-refractivity contribution in [2.75, 3.05) is 6.54 Å². The summed E-state index contributed by atoms with van der Waals surface area (Å²) in [6, 6.07) is -0.280. The van der Waals surface area contributed by atoms with Crippen LogP contribution in [-0.4, -0.2) is 35.5 Å². The highest BCUT2D eigenvalue weighted by molar-refractivity contribution is 5.76. The SMILES string of the molecule is CC(=O)CC(C)N(CC(F)(F)F)C1CC1. The summed E-state index contributed by atoms with van der Waals surface area (Å²) in [5, 5.41) is 0. The molecule has 0 aliphatic heterocycles. The molecule has 0 aromatic carbocycles. The Morgan fingerprint density at radius 3 is 2.33 bits per heavy atom. The van der Waals surface area contributed by atoms with Crippen LogP contribution in [0.4, 0.5) is 13.2 Å². The third kappa shape index (κ3) is 4.64. The van der Waals surface area contributed by atoms with Crippen molar-refractivity contribution >= 4 is 5.78 Å². The summed E-state index contributed by atoms with van der Waals surface area (Å²) in [6.07, 6.45) is -2.34. The zero-order chi connectivity index (χ0) is 11.6. The normalized spacial score (nSPS) is 19.3. The number of carbonyl (C=O) groups is 1. The molecule has 1 saturated carbocycles. The first-order chi connectivity index (χ1) is 6.79. The van der Waals surface area contributed by atoms with Crippen molar-refractivity contribution in [2.24, 2.45) is 0 Å². The van der Waals surface area contributed by atoms with Crippen LogP contribution >= 0.6 is 0 Å². The lowest BCUT2D eigenvalue weighted by Crippen LogP contribution is -2.42. The van der Waals surface area contributed by atoms with Crippen molar-refractivity contribution in [3.05, 3.63) is 0 Å². The topological polar surface area (TPSA) is 20.3 Å². The van der Waals surface area contributed by atoms with Gasteiger partial charge in [-0.2, -0.15) is 13.2 Å². The Bertz CT molecular complexity index is 235. The molecule has 0 aromatic rings. The maximum Gasteiger partial charge on any atom is 0.401 e. The van der Waals surface area contributed by atoms with Gasteiger partial charge in [0.25, 0.3) is 0 Å². The number of halogens is 3. The standard InChI is InChI=1S/C10H16F3NO/c1-7(5-8(2)15)14(9-3-4-9)6-10(11,12)13/h7,9H,3-6H2,1-2H3. The molecule has 1 fully saturated rings. The number of hydrogen-bond donors (Lipinski definition) is 0. The van der Waals surface area contributed by atoms with Crippen LogP contribution in [0.1, 0.15) is 33.1 Å². The van der Waals surface area contributed by atoms with E-state index in [1.807, 2.05) is 0 Å². The summed E-state index contributed by atoms with van der Waals surface area (Å²) < 4.78 is 36.8. The molecule has 88 valence electrons. The lowest BCUT2D eigenvalue weighted by atomic mass is 10.1. The van der Waals surface area contributed by atoms with Gasteiger partial charge in [-0.3, -0.25) is 9.69 Å². The van der Waals surface area contributed by atoms with Gasteiger partial charge in [0.1, 0.15) is 5.78 Å². The first-order valence-electron chi connectivity index (χ1n) is 5.11. The van der Waals surface area contributed by atoms with Crippen LogP contribution in [-0.2, 0) is 4.79 Å². The first-order valence-corrected chi connectivity index (χ1v) is 5.11. The van der Waals surface area contributed by atoms with Gasteiger partial charge in [0.05, 0.1) is 6.54 Å². The predicted molar refractivity (Wildman–Crippen MR) is 50.5 cm³/mol. The van der Waals surface area contributed by atoms with Gasteiger partial charge in [0.2, 0.25) is 0 Å². The van der Waals surface area contributed by atoms with Crippen molar-refractivity contribution in [1.29, 1.82) is 0 Å². The van der Waals surface area contributed by atoms with Crippen molar-refractivity contribution in [3.63, 3.8) is 0 Å². The zero-order valence-electron chi connectivity index (χ0n) is 8.97. The summed E-state index contributed by atoms with van der Waals surface area (Å²) in [7, 11) is 0. The Labute approximate surface area is 87.4 Å². The number of ketones is 1. The molecule has 0 bridgehead atoms. The van der Waals surface area contributed by atoms with Crippen LogP contribution in [0.15, 0.2) is 0 Å². The van der Waals surface area contributed by atoms with E-state index in [1.165, 1.54) is 11.8 Å². The van der Waals surface area contributed by atoms with E-state index in [9.17, 15) is 18.0 Å². The largest absolute Gasteiger partial charge is 0.401 e. The fraction of sp³-hybridized carbons (Fsp3) is 0.900. The second kappa shape index (κ2) is 4.51. The second-order valence-corrected chi connectivity index (χ2v) is 4.27. The molecule has 1 aliphatic rings. The number of Topliss-reactive ketones (excluding diaryl/α,β-unsaturated/α-hetero) is 1. The lowest BCUT2D eigenvalue weighted by molar-refractivity contribution is -0.153. The Balaban J connectivity index is 2.53. The molecule has 0 saturated heterocycles. The third-order valence-corrected chi connectivity index (χ3v) is 2.53. The van der Waals surface area contributed by atoms with E-state index in [0.29, 0.717) is 0 Å². The van der Waals surface area contributed by atoms with Gasteiger partial charge in [0, 0.05) is 18.5 Å². The van der Waals surface area contributed by atoms with Gasteiger partial charge >= 0.3 is 6.18 Å². The van der Waals surface area contributed by atoms with Gasteiger partial charge in [-0.05, 0) is 26.7 Å². The fourth-order valence-electron chi connectivity index (χ4n) is 1.79. The van der Waals surface area contributed by atoms with Crippen LogP contribution in [0, 0.1) is 0 Å². The van der Waals surface area contributed by atoms with E-state index in [2.05, 4.69) is 0 Å². The molecular weight excluding hydrogens is 207 g/mol. The zero-order valence-corrected chi connectivity index (χ0v) is 8.97. The molecule has 0 radical (unpaired) electrons. The highest BCUT2D eigenvalue weighted by Gasteiger charge is 2.40. The molecule has 1 atom stereocenters. The van der Waals surface area contributed by atoms with Crippen LogP contribution in [0.3, 0.4) is 0 Å². The highest BCUT2D eigenvalue weighted by Crippen LogP contribution is 2.32. The minimum atomic E-state index is -4.17. The first kappa shape index (κ1) is 12.5. The number of nitrogens with zero attached hydrogens (tertiary/aromatic N) is 1. The minimum absolute atomic E-state index is 0.0287. The Kier molecular flexibility index (Phi) is 3.76. The number of rotatable bonds is 5. The van der Waals surface area contributed by atoms with Gasteiger partial charge in [-0.1, -0.05) is 0 Å². The van der Waals surface area contributed by atoms with E-state index in [4.69, 9.17) is 0 Å². The van der Waals surface area contributed by atoms with Gasteiger partial charge in [-0.15, -0.1) is 0 Å². The number of hydrogen-bond acceptors (Lipinski definition) is 2. The highest BCUT2D eigenvalue weighted by atomic mass is 19.4. The smallest absolute Gasteiger partial charge is 0.300 e. The average Bonchev–Trinajstić information content (AvgIpc) is 2.78. The van der Waals surface area contributed by atoms with Gasteiger partial charge in [0.15, 0.2) is 0 Å². The van der Waals surface area contributed by atoms with E-state index in [-0.39, 0.29) is 24.3 Å². The van der Waals surface area contributed by atoms with E-state index in [0.717, 1.165) is 12.8 Å². The molecule has 5 heteroatoms. The predicted octanol–water partition coefficient (Wildman–Crippen LogP) is 2.38. The Morgan fingerprint density at radius 2 is 2.00 bits per heavy atom. The number of carbonyl (C=O) groups excluding carboxylic acids is 1. The Hall–Kier alpha value is -0.580. The van der Waals surface area contributed by atoms with E-state index < -0.39 is 12.7 Å².